The van der Waals surface area contributed by atoms with Crippen LogP contribution in [0.5, 0.6) is 5.75 Å². The molecule has 2 aromatic rings. The number of carbonyl (C=O) groups is 2. The number of nitrogens with zero attached hydrogens (tertiary/aromatic N) is 1. The fourth-order valence-corrected chi connectivity index (χ4v) is 1.54. The highest BCUT2D eigenvalue weighted by molar-refractivity contribution is 9.10. The first-order chi connectivity index (χ1) is 8.56. The SMILES string of the molecule is O=C(Oc1cccc(Br)c1)c1cc(C(=O)O)on1. The normalized spacial score (nSPS) is 10.1. The maximum absolute atomic E-state index is 11.6. The number of carbonyl (C=O) groups excluding carboxylic acids is 1. The van der Waals surface area contributed by atoms with Gasteiger partial charge in [0.05, 0.1) is 0 Å². The first-order valence-electron chi connectivity index (χ1n) is 4.74. The molecule has 0 saturated carbocycles. The molecule has 1 aromatic carbocycles. The molecule has 1 aromatic heterocycles. The Balaban J connectivity index is 2.14. The number of benzene rings is 1. The van der Waals surface area contributed by atoms with E-state index in [-0.39, 0.29) is 5.69 Å². The molecule has 0 unspecified atom stereocenters. The third-order valence-electron chi connectivity index (χ3n) is 1.94. The summed E-state index contributed by atoms with van der Waals surface area (Å²) in [6.45, 7) is 0. The van der Waals surface area contributed by atoms with E-state index in [0.29, 0.717) is 5.75 Å². The van der Waals surface area contributed by atoms with E-state index in [0.717, 1.165) is 10.5 Å². The topological polar surface area (TPSA) is 89.6 Å². The zero-order valence-corrected chi connectivity index (χ0v) is 10.4. The predicted octanol–water partition coefficient (Wildman–Crippen LogP) is 2.35. The lowest BCUT2D eigenvalue weighted by molar-refractivity contribution is 0.0647. The summed E-state index contributed by atoms with van der Waals surface area (Å²) in [4.78, 5) is 22.2. The molecule has 0 aliphatic carbocycles. The molecule has 0 radical (unpaired) electrons. The van der Waals surface area contributed by atoms with Gasteiger partial charge in [0.15, 0.2) is 5.69 Å². The van der Waals surface area contributed by atoms with E-state index in [1.54, 1.807) is 24.3 Å². The zero-order valence-electron chi connectivity index (χ0n) is 8.79. The Hall–Kier alpha value is -2.15. The van der Waals surface area contributed by atoms with Gasteiger partial charge in [0, 0.05) is 10.5 Å². The van der Waals surface area contributed by atoms with Crippen LogP contribution in [0, 0.1) is 0 Å². The van der Waals surface area contributed by atoms with Crippen molar-refractivity contribution >= 4 is 27.9 Å². The second kappa shape index (κ2) is 5.01. The summed E-state index contributed by atoms with van der Waals surface area (Å²) < 4.78 is 10.2. The molecule has 0 bridgehead atoms. The number of hydrogen-bond donors (Lipinski definition) is 1. The average Bonchev–Trinajstić information content (AvgIpc) is 2.78. The van der Waals surface area contributed by atoms with Crippen molar-refractivity contribution in [2.45, 2.75) is 0 Å². The van der Waals surface area contributed by atoms with E-state index < -0.39 is 17.7 Å². The summed E-state index contributed by atoms with van der Waals surface area (Å²) in [7, 11) is 0. The fourth-order valence-electron chi connectivity index (χ4n) is 1.16. The maximum Gasteiger partial charge on any atom is 0.374 e. The molecule has 0 amide bonds. The summed E-state index contributed by atoms with van der Waals surface area (Å²) in [6.07, 6.45) is 0. The molecular weight excluding hydrogens is 306 g/mol. The molecule has 0 saturated heterocycles. The lowest BCUT2D eigenvalue weighted by Crippen LogP contribution is -2.08. The number of esters is 1. The number of halogens is 1. The summed E-state index contributed by atoms with van der Waals surface area (Å²) in [6, 6.07) is 7.65. The highest BCUT2D eigenvalue weighted by Gasteiger charge is 2.18. The maximum atomic E-state index is 11.6. The largest absolute Gasteiger partial charge is 0.475 e. The summed E-state index contributed by atoms with van der Waals surface area (Å²) in [5.41, 5.74) is -0.202. The van der Waals surface area contributed by atoms with E-state index in [1.165, 1.54) is 0 Å². The van der Waals surface area contributed by atoms with Crippen molar-refractivity contribution in [3.8, 4) is 5.75 Å². The van der Waals surface area contributed by atoms with Crippen LogP contribution in [-0.4, -0.2) is 22.2 Å². The van der Waals surface area contributed by atoms with E-state index in [4.69, 9.17) is 9.84 Å². The van der Waals surface area contributed by atoms with Crippen LogP contribution in [0.4, 0.5) is 0 Å². The Morgan fingerprint density at radius 2 is 2.11 bits per heavy atom. The number of aromatic nitrogens is 1. The Morgan fingerprint density at radius 1 is 1.33 bits per heavy atom. The van der Waals surface area contributed by atoms with Crippen molar-refractivity contribution in [3.63, 3.8) is 0 Å². The Kier molecular flexibility index (Phi) is 3.42. The van der Waals surface area contributed by atoms with Crippen LogP contribution in [-0.2, 0) is 0 Å². The molecule has 0 spiro atoms. The molecule has 0 fully saturated rings. The van der Waals surface area contributed by atoms with Gasteiger partial charge >= 0.3 is 11.9 Å². The van der Waals surface area contributed by atoms with Crippen LogP contribution in [0.15, 0.2) is 39.3 Å². The molecule has 7 heteroatoms. The first-order valence-corrected chi connectivity index (χ1v) is 5.53. The molecule has 18 heavy (non-hydrogen) atoms. The van der Waals surface area contributed by atoms with Gasteiger partial charge < -0.3 is 14.4 Å². The standard InChI is InChI=1S/C11H6BrNO5/c12-6-2-1-3-7(4-6)17-11(16)8-5-9(10(14)15)18-13-8/h1-5H,(H,14,15). The monoisotopic (exact) mass is 311 g/mol. The second-order valence-electron chi connectivity index (χ2n) is 3.23. The van der Waals surface area contributed by atoms with Crippen LogP contribution in [0.3, 0.4) is 0 Å². The van der Waals surface area contributed by atoms with Crippen molar-refractivity contribution in [1.82, 2.24) is 5.16 Å². The van der Waals surface area contributed by atoms with Crippen LogP contribution >= 0.6 is 15.9 Å². The third kappa shape index (κ3) is 2.75. The smallest absolute Gasteiger partial charge is 0.374 e. The molecule has 0 atom stereocenters. The van der Waals surface area contributed by atoms with Crippen LogP contribution in [0.1, 0.15) is 21.0 Å². The minimum Gasteiger partial charge on any atom is -0.475 e. The zero-order chi connectivity index (χ0) is 13.1. The van der Waals surface area contributed by atoms with Gasteiger partial charge in [0.2, 0.25) is 5.76 Å². The number of carboxylic acids is 1. The highest BCUT2D eigenvalue weighted by Crippen LogP contribution is 2.18. The van der Waals surface area contributed by atoms with Crippen molar-refractivity contribution in [3.05, 3.63) is 46.3 Å². The van der Waals surface area contributed by atoms with Gasteiger partial charge in [0.1, 0.15) is 5.75 Å². The van der Waals surface area contributed by atoms with Crippen LogP contribution in [0.25, 0.3) is 0 Å². The second-order valence-corrected chi connectivity index (χ2v) is 4.14. The molecule has 1 heterocycles. The number of rotatable bonds is 3. The average molecular weight is 312 g/mol. The molecule has 2 rings (SSSR count). The van der Waals surface area contributed by atoms with Gasteiger partial charge in [-0.25, -0.2) is 9.59 Å². The quantitative estimate of drug-likeness (QED) is 0.691. The Labute approximate surface area is 109 Å². The molecule has 0 aliphatic rings. The Bertz CT molecular complexity index is 607. The Morgan fingerprint density at radius 3 is 2.72 bits per heavy atom. The lowest BCUT2D eigenvalue weighted by Gasteiger charge is -2.01. The molecule has 1 N–H and O–H groups in total. The molecule has 92 valence electrons. The third-order valence-corrected chi connectivity index (χ3v) is 2.43. The van der Waals surface area contributed by atoms with E-state index in [9.17, 15) is 9.59 Å². The fraction of sp³-hybridized carbons (Fsp3) is 0. The summed E-state index contributed by atoms with van der Waals surface area (Å²) in [5.74, 6) is -2.20. The van der Waals surface area contributed by atoms with Gasteiger partial charge in [-0.15, -0.1) is 0 Å². The molecule has 6 nitrogen and oxygen atoms in total. The van der Waals surface area contributed by atoms with Crippen molar-refractivity contribution in [1.29, 1.82) is 0 Å². The number of ether oxygens (including phenoxy) is 1. The first kappa shape index (κ1) is 12.3. The minimum atomic E-state index is -1.30. The number of hydrogen-bond acceptors (Lipinski definition) is 5. The summed E-state index contributed by atoms with van der Waals surface area (Å²) in [5, 5.41) is 11.9. The number of aromatic carboxylic acids is 1. The molecular formula is C11H6BrNO5. The highest BCUT2D eigenvalue weighted by atomic mass is 79.9. The summed E-state index contributed by atoms with van der Waals surface area (Å²) >= 11 is 3.23. The van der Waals surface area contributed by atoms with Gasteiger partial charge in [-0.3, -0.25) is 0 Å². The minimum absolute atomic E-state index is 0.202. The lowest BCUT2D eigenvalue weighted by atomic mass is 10.3. The van der Waals surface area contributed by atoms with Gasteiger partial charge in [-0.1, -0.05) is 27.2 Å². The van der Waals surface area contributed by atoms with Crippen LogP contribution < -0.4 is 4.74 Å². The van der Waals surface area contributed by atoms with E-state index in [2.05, 4.69) is 25.6 Å². The van der Waals surface area contributed by atoms with Crippen LogP contribution in [0.2, 0.25) is 0 Å². The van der Waals surface area contributed by atoms with E-state index >= 15 is 0 Å². The van der Waals surface area contributed by atoms with Crippen molar-refractivity contribution < 1.29 is 24.0 Å². The predicted molar refractivity (Wildman–Crippen MR) is 62.6 cm³/mol. The number of carboxylic acid groups (broad SMARTS) is 1. The molecule has 0 aliphatic heterocycles. The van der Waals surface area contributed by atoms with Gasteiger partial charge in [-0.05, 0) is 18.2 Å². The van der Waals surface area contributed by atoms with Gasteiger partial charge in [0.25, 0.3) is 0 Å². The van der Waals surface area contributed by atoms with Crippen molar-refractivity contribution in [2.75, 3.05) is 0 Å². The van der Waals surface area contributed by atoms with E-state index in [1.807, 2.05) is 0 Å². The van der Waals surface area contributed by atoms with Crippen molar-refractivity contribution in [2.24, 2.45) is 0 Å². The van der Waals surface area contributed by atoms with Gasteiger partial charge in [-0.2, -0.15) is 0 Å².